The van der Waals surface area contributed by atoms with Gasteiger partial charge < -0.3 is 9.64 Å². The van der Waals surface area contributed by atoms with Crippen molar-refractivity contribution < 1.29 is 9.53 Å². The minimum atomic E-state index is 0.180. The third-order valence-corrected chi connectivity index (χ3v) is 4.02. The molecule has 1 fully saturated rings. The van der Waals surface area contributed by atoms with Gasteiger partial charge in [0.15, 0.2) is 0 Å². The number of hydrogen-bond donors (Lipinski definition) is 0. The molecule has 2 aliphatic heterocycles. The van der Waals surface area contributed by atoms with Crippen LogP contribution in [0.15, 0.2) is 22.7 Å². The van der Waals surface area contributed by atoms with Crippen molar-refractivity contribution >= 4 is 21.8 Å². The summed E-state index contributed by atoms with van der Waals surface area (Å²) in [6.45, 7) is 2.29. The van der Waals surface area contributed by atoms with Gasteiger partial charge in [-0.2, -0.15) is 0 Å². The lowest BCUT2D eigenvalue weighted by molar-refractivity contribution is 0.0303. The second kappa shape index (κ2) is 4.42. The first-order valence-electron chi connectivity index (χ1n) is 5.93. The van der Waals surface area contributed by atoms with Gasteiger partial charge in [0.25, 0.3) is 5.91 Å². The summed E-state index contributed by atoms with van der Waals surface area (Å²) in [6.07, 6.45) is 1.92. The molecule has 0 saturated carbocycles. The summed E-state index contributed by atoms with van der Waals surface area (Å²) in [7, 11) is 0. The average Bonchev–Trinajstić information content (AvgIpc) is 2.67. The fraction of sp³-hybridized carbons (Fsp3) is 0.462. The van der Waals surface area contributed by atoms with E-state index in [1.165, 1.54) is 0 Å². The largest absolute Gasteiger partial charge is 0.381 e. The second-order valence-electron chi connectivity index (χ2n) is 4.58. The Morgan fingerprint density at radius 3 is 2.82 bits per heavy atom. The molecule has 4 heteroatoms. The predicted octanol–water partition coefficient (Wildman–Crippen LogP) is 2.58. The van der Waals surface area contributed by atoms with Crippen LogP contribution in [-0.4, -0.2) is 30.1 Å². The highest BCUT2D eigenvalue weighted by Crippen LogP contribution is 2.29. The van der Waals surface area contributed by atoms with E-state index < -0.39 is 0 Å². The van der Waals surface area contributed by atoms with Crippen LogP contribution in [0.4, 0.5) is 0 Å². The van der Waals surface area contributed by atoms with Crippen LogP contribution < -0.4 is 0 Å². The van der Waals surface area contributed by atoms with Crippen molar-refractivity contribution in [3.8, 4) is 0 Å². The molecule has 1 aromatic carbocycles. The van der Waals surface area contributed by atoms with E-state index in [9.17, 15) is 4.79 Å². The molecule has 0 N–H and O–H groups in total. The fourth-order valence-electron chi connectivity index (χ4n) is 2.60. The Morgan fingerprint density at radius 1 is 1.29 bits per heavy atom. The Balaban J connectivity index is 1.85. The molecule has 0 bridgehead atoms. The summed E-state index contributed by atoms with van der Waals surface area (Å²) in [5, 5.41) is 0. The Morgan fingerprint density at radius 2 is 2.06 bits per heavy atom. The minimum Gasteiger partial charge on any atom is -0.381 e. The van der Waals surface area contributed by atoms with Crippen LogP contribution in [-0.2, 0) is 11.3 Å². The first-order valence-corrected chi connectivity index (χ1v) is 6.72. The van der Waals surface area contributed by atoms with Crippen molar-refractivity contribution in [3.63, 3.8) is 0 Å². The molecule has 3 rings (SSSR count). The third kappa shape index (κ3) is 2.00. The molecule has 0 radical (unpaired) electrons. The monoisotopic (exact) mass is 295 g/mol. The van der Waals surface area contributed by atoms with Crippen LogP contribution in [0.3, 0.4) is 0 Å². The van der Waals surface area contributed by atoms with Gasteiger partial charge in [0, 0.05) is 35.8 Å². The molecular weight excluding hydrogens is 282 g/mol. The fourth-order valence-corrected chi connectivity index (χ4v) is 3.01. The molecule has 0 unspecified atom stereocenters. The molecule has 1 saturated heterocycles. The molecule has 90 valence electrons. The van der Waals surface area contributed by atoms with Crippen molar-refractivity contribution in [2.45, 2.75) is 25.4 Å². The first-order chi connectivity index (χ1) is 8.25. The smallest absolute Gasteiger partial charge is 0.254 e. The summed E-state index contributed by atoms with van der Waals surface area (Å²) in [5.74, 6) is 0.180. The summed E-state index contributed by atoms with van der Waals surface area (Å²) in [4.78, 5) is 14.3. The van der Waals surface area contributed by atoms with E-state index in [1.54, 1.807) is 0 Å². The van der Waals surface area contributed by atoms with Crippen molar-refractivity contribution in [1.82, 2.24) is 4.90 Å². The number of carbonyl (C=O) groups is 1. The Labute approximate surface area is 109 Å². The van der Waals surface area contributed by atoms with Crippen LogP contribution in [0.2, 0.25) is 0 Å². The van der Waals surface area contributed by atoms with Crippen molar-refractivity contribution in [2.75, 3.05) is 13.2 Å². The lowest BCUT2D eigenvalue weighted by Gasteiger charge is -2.30. The van der Waals surface area contributed by atoms with E-state index in [1.807, 2.05) is 23.1 Å². The van der Waals surface area contributed by atoms with Crippen molar-refractivity contribution in [1.29, 1.82) is 0 Å². The quantitative estimate of drug-likeness (QED) is 0.797. The van der Waals surface area contributed by atoms with Gasteiger partial charge >= 0.3 is 0 Å². The Bertz CT molecular complexity index is 455. The van der Waals surface area contributed by atoms with Crippen LogP contribution in [0.1, 0.15) is 28.8 Å². The summed E-state index contributed by atoms with van der Waals surface area (Å²) >= 11 is 3.45. The van der Waals surface area contributed by atoms with Crippen LogP contribution >= 0.6 is 15.9 Å². The van der Waals surface area contributed by atoms with E-state index in [0.717, 1.165) is 48.2 Å². The van der Waals surface area contributed by atoms with Gasteiger partial charge in [0.1, 0.15) is 0 Å². The van der Waals surface area contributed by atoms with E-state index in [0.29, 0.717) is 6.04 Å². The third-order valence-electron chi connectivity index (χ3n) is 3.53. The van der Waals surface area contributed by atoms with Gasteiger partial charge in [0.2, 0.25) is 0 Å². The number of ether oxygens (including phenoxy) is 1. The molecule has 0 aliphatic carbocycles. The van der Waals surface area contributed by atoms with Gasteiger partial charge in [0.05, 0.1) is 0 Å². The zero-order chi connectivity index (χ0) is 11.8. The lowest BCUT2D eigenvalue weighted by Crippen LogP contribution is -2.39. The van der Waals surface area contributed by atoms with Crippen molar-refractivity contribution in [2.24, 2.45) is 0 Å². The second-order valence-corrected chi connectivity index (χ2v) is 5.49. The zero-order valence-electron chi connectivity index (χ0n) is 9.49. The SMILES string of the molecule is O=C1c2ccc(Br)cc2CN1C1CCOCC1. The summed E-state index contributed by atoms with van der Waals surface area (Å²) in [5.41, 5.74) is 2.00. The number of nitrogens with zero attached hydrogens (tertiary/aromatic N) is 1. The van der Waals surface area contributed by atoms with Gasteiger partial charge in [-0.25, -0.2) is 0 Å². The normalized spacial score (nSPS) is 20.8. The maximum absolute atomic E-state index is 12.3. The van der Waals surface area contributed by atoms with Gasteiger partial charge in [-0.1, -0.05) is 15.9 Å². The van der Waals surface area contributed by atoms with E-state index >= 15 is 0 Å². The maximum Gasteiger partial charge on any atom is 0.254 e. The van der Waals surface area contributed by atoms with Crippen LogP contribution in [0.25, 0.3) is 0 Å². The molecule has 2 heterocycles. The Kier molecular flexibility index (Phi) is 2.92. The van der Waals surface area contributed by atoms with Crippen molar-refractivity contribution in [3.05, 3.63) is 33.8 Å². The topological polar surface area (TPSA) is 29.5 Å². The highest BCUT2D eigenvalue weighted by molar-refractivity contribution is 9.10. The average molecular weight is 296 g/mol. The van der Waals surface area contributed by atoms with Gasteiger partial charge in [-0.05, 0) is 36.6 Å². The van der Waals surface area contributed by atoms with E-state index in [2.05, 4.69) is 15.9 Å². The number of fused-ring (bicyclic) bond motifs is 1. The number of amides is 1. The molecule has 2 aliphatic rings. The molecule has 3 nitrogen and oxygen atoms in total. The number of rotatable bonds is 1. The molecule has 1 aromatic rings. The highest BCUT2D eigenvalue weighted by Gasteiger charge is 2.33. The van der Waals surface area contributed by atoms with E-state index in [-0.39, 0.29) is 5.91 Å². The molecule has 1 amide bonds. The number of carbonyl (C=O) groups excluding carboxylic acids is 1. The highest BCUT2D eigenvalue weighted by atomic mass is 79.9. The number of halogens is 1. The first kappa shape index (κ1) is 11.2. The molecule has 17 heavy (non-hydrogen) atoms. The number of benzene rings is 1. The molecular formula is C13H14BrNO2. The standard InChI is InChI=1S/C13H14BrNO2/c14-10-1-2-12-9(7-10)8-15(13(12)16)11-3-5-17-6-4-11/h1-2,7,11H,3-6,8H2. The minimum absolute atomic E-state index is 0.180. The maximum atomic E-state index is 12.3. The zero-order valence-corrected chi connectivity index (χ0v) is 11.1. The van der Waals surface area contributed by atoms with Crippen LogP contribution in [0.5, 0.6) is 0 Å². The molecule has 0 spiro atoms. The van der Waals surface area contributed by atoms with Crippen LogP contribution in [0, 0.1) is 0 Å². The van der Waals surface area contributed by atoms with Gasteiger partial charge in [-0.15, -0.1) is 0 Å². The predicted molar refractivity (Wildman–Crippen MR) is 67.9 cm³/mol. The van der Waals surface area contributed by atoms with Gasteiger partial charge in [-0.3, -0.25) is 4.79 Å². The number of hydrogen-bond acceptors (Lipinski definition) is 2. The molecule has 0 atom stereocenters. The summed E-state index contributed by atoms with van der Waals surface area (Å²) < 4.78 is 6.38. The molecule has 0 aromatic heterocycles. The lowest BCUT2D eigenvalue weighted by atomic mass is 10.1. The summed E-state index contributed by atoms with van der Waals surface area (Å²) in [6, 6.07) is 6.25. The Hall–Kier alpha value is -0.870. The van der Waals surface area contributed by atoms with E-state index in [4.69, 9.17) is 4.74 Å².